The number of aryl methyl sites for hydroxylation is 1. The van der Waals surface area contributed by atoms with Gasteiger partial charge in [-0.05, 0) is 54.3 Å². The fourth-order valence-corrected chi connectivity index (χ4v) is 6.17. The maximum Gasteiger partial charge on any atom is 0.191 e. The van der Waals surface area contributed by atoms with Crippen LogP contribution in [0.5, 0.6) is 0 Å². The average Bonchev–Trinajstić information content (AvgIpc) is 3.44. The van der Waals surface area contributed by atoms with E-state index in [0.717, 1.165) is 79.6 Å². The molecule has 2 fully saturated rings. The van der Waals surface area contributed by atoms with E-state index in [-0.39, 0.29) is 5.83 Å². The summed E-state index contributed by atoms with van der Waals surface area (Å²) in [5.41, 5.74) is 3.68. The molecule has 0 radical (unpaired) electrons. The second-order valence-electron chi connectivity index (χ2n) is 10.8. The van der Waals surface area contributed by atoms with Crippen LogP contribution in [0.3, 0.4) is 0 Å². The Morgan fingerprint density at radius 1 is 1.19 bits per heavy atom. The van der Waals surface area contributed by atoms with Crippen molar-refractivity contribution in [2.75, 3.05) is 38.1 Å². The van der Waals surface area contributed by atoms with E-state index in [4.69, 9.17) is 9.97 Å². The second kappa shape index (κ2) is 12.1. The van der Waals surface area contributed by atoms with Crippen LogP contribution in [0.15, 0.2) is 47.8 Å². The number of rotatable bonds is 10. The van der Waals surface area contributed by atoms with Crippen LogP contribution >= 0.6 is 11.3 Å². The number of allylic oxidation sites excluding steroid dienone is 6. The van der Waals surface area contributed by atoms with E-state index >= 15 is 0 Å². The third kappa shape index (κ3) is 5.86. The van der Waals surface area contributed by atoms with Crippen molar-refractivity contribution in [2.45, 2.75) is 52.1 Å². The first-order chi connectivity index (χ1) is 20.4. The zero-order valence-electron chi connectivity index (χ0n) is 24.4. The lowest BCUT2D eigenvalue weighted by molar-refractivity contribution is 0.147. The highest BCUT2D eigenvalue weighted by Crippen LogP contribution is 2.36. The number of tetrazole rings is 1. The van der Waals surface area contributed by atoms with Crippen LogP contribution in [0, 0.1) is 0 Å². The summed E-state index contributed by atoms with van der Waals surface area (Å²) in [6.45, 7) is 12.5. The summed E-state index contributed by atoms with van der Waals surface area (Å²) in [5, 5.41) is 15.2. The van der Waals surface area contributed by atoms with Gasteiger partial charge in [0.2, 0.25) is 0 Å². The van der Waals surface area contributed by atoms with Gasteiger partial charge in [0.1, 0.15) is 17.5 Å². The summed E-state index contributed by atoms with van der Waals surface area (Å²) >= 11 is 1.54. The SMILES string of the molecule is C=C(/C=C\C(F)=C/C)c1csc(N(C)c2c(CC)nc3n2C=C(N2CCN(Cc4nnnn4C4CC4)CC2)CC=C3)n1. The van der Waals surface area contributed by atoms with Crippen molar-refractivity contribution in [3.05, 3.63) is 70.8 Å². The molecule has 10 nitrogen and oxygen atoms in total. The normalized spacial score (nSPS) is 18.0. The molecule has 1 saturated heterocycles. The zero-order chi connectivity index (χ0) is 29.2. The molecule has 3 aromatic rings. The van der Waals surface area contributed by atoms with Gasteiger partial charge in [-0.2, -0.15) is 0 Å². The molecule has 3 aliphatic rings. The Balaban J connectivity index is 1.19. The van der Waals surface area contributed by atoms with Gasteiger partial charge in [-0.15, -0.1) is 16.4 Å². The van der Waals surface area contributed by atoms with E-state index in [1.54, 1.807) is 13.0 Å². The molecule has 0 N–H and O–H groups in total. The maximum atomic E-state index is 13.6. The van der Waals surface area contributed by atoms with Crippen LogP contribution in [0.4, 0.5) is 15.3 Å². The molecule has 3 aromatic heterocycles. The van der Waals surface area contributed by atoms with Crippen LogP contribution in [0.2, 0.25) is 0 Å². The molecule has 1 aliphatic carbocycles. The lowest BCUT2D eigenvalue weighted by atomic mass is 10.2. The Morgan fingerprint density at radius 2 is 2.00 bits per heavy atom. The first-order valence-corrected chi connectivity index (χ1v) is 15.4. The third-order valence-electron chi connectivity index (χ3n) is 7.93. The lowest BCUT2D eigenvalue weighted by Gasteiger charge is -2.37. The molecule has 0 amide bonds. The Hall–Kier alpha value is -3.90. The Kier molecular flexibility index (Phi) is 8.16. The van der Waals surface area contributed by atoms with Crippen LogP contribution in [-0.4, -0.2) is 77.8 Å². The van der Waals surface area contributed by atoms with Crippen LogP contribution in [0.25, 0.3) is 17.8 Å². The number of hydrogen-bond acceptors (Lipinski definition) is 9. The number of piperazine rings is 1. The molecule has 0 unspecified atom stereocenters. The summed E-state index contributed by atoms with van der Waals surface area (Å²) in [7, 11) is 2.03. The molecule has 6 rings (SSSR count). The molecule has 0 aromatic carbocycles. The maximum absolute atomic E-state index is 13.6. The molecule has 12 heteroatoms. The minimum Gasteiger partial charge on any atom is -0.371 e. The van der Waals surface area contributed by atoms with Gasteiger partial charge >= 0.3 is 0 Å². The number of nitrogens with zero attached hydrogens (tertiary/aromatic N) is 10. The highest BCUT2D eigenvalue weighted by atomic mass is 32.1. The number of hydrogen-bond donors (Lipinski definition) is 0. The molecule has 2 aliphatic heterocycles. The number of fused-ring (bicyclic) bond motifs is 1. The van der Waals surface area contributed by atoms with Gasteiger partial charge in [0.25, 0.3) is 0 Å². The predicted molar refractivity (Wildman–Crippen MR) is 166 cm³/mol. The predicted octanol–water partition coefficient (Wildman–Crippen LogP) is 5.47. The average molecular weight is 589 g/mol. The van der Waals surface area contributed by atoms with Crippen molar-refractivity contribution in [2.24, 2.45) is 0 Å². The highest BCUT2D eigenvalue weighted by Gasteiger charge is 2.29. The monoisotopic (exact) mass is 588 g/mol. The van der Waals surface area contributed by atoms with E-state index in [0.29, 0.717) is 11.6 Å². The van der Waals surface area contributed by atoms with E-state index in [9.17, 15) is 4.39 Å². The summed E-state index contributed by atoms with van der Waals surface area (Å²) < 4.78 is 17.8. The quantitative estimate of drug-likeness (QED) is 0.289. The van der Waals surface area contributed by atoms with Gasteiger partial charge in [-0.25, -0.2) is 19.0 Å². The molecule has 0 bridgehead atoms. The van der Waals surface area contributed by atoms with E-state index in [1.165, 1.54) is 42.0 Å². The molecular weight excluding hydrogens is 551 g/mol. The minimum absolute atomic E-state index is 0.300. The molecule has 42 heavy (non-hydrogen) atoms. The number of halogens is 1. The molecule has 0 spiro atoms. The van der Waals surface area contributed by atoms with Crippen molar-refractivity contribution in [1.29, 1.82) is 0 Å². The Labute approximate surface area is 249 Å². The lowest BCUT2D eigenvalue weighted by Crippen LogP contribution is -2.45. The van der Waals surface area contributed by atoms with Crippen molar-refractivity contribution >= 4 is 40.1 Å². The van der Waals surface area contributed by atoms with Crippen LogP contribution in [0.1, 0.15) is 62.2 Å². The smallest absolute Gasteiger partial charge is 0.191 e. The largest absolute Gasteiger partial charge is 0.371 e. The summed E-state index contributed by atoms with van der Waals surface area (Å²) in [4.78, 5) is 16.8. The fraction of sp³-hybridized carbons (Fsp3) is 0.433. The van der Waals surface area contributed by atoms with Gasteiger partial charge in [-0.3, -0.25) is 9.47 Å². The van der Waals surface area contributed by atoms with Crippen LogP contribution in [-0.2, 0) is 13.0 Å². The topological polar surface area (TPSA) is 84.0 Å². The van der Waals surface area contributed by atoms with E-state index < -0.39 is 0 Å². The molecule has 0 atom stereocenters. The van der Waals surface area contributed by atoms with Gasteiger partial charge in [0, 0.05) is 56.9 Å². The zero-order valence-corrected chi connectivity index (χ0v) is 25.3. The standard InChI is InChI=1S/C30H37FN10S/c1-5-22(31)11-10-21(3)26-20-42-30(33-26)37(4)29-25(6-2)32-27-9-7-8-24(18-40(27)29)39-16-14-38(15-17-39)19-28-34-35-36-41(28)23-12-13-23/h5,7,9-11,18,20,23H,3,6,8,12-17,19H2,1-2,4H3/b11-10-,22-5+. The Morgan fingerprint density at radius 3 is 2.74 bits per heavy atom. The van der Waals surface area contributed by atoms with Gasteiger partial charge in [-0.1, -0.05) is 31.7 Å². The molecular formula is C30H37FN10S. The molecule has 220 valence electrons. The van der Waals surface area contributed by atoms with Crippen molar-refractivity contribution < 1.29 is 4.39 Å². The molecule has 5 heterocycles. The van der Waals surface area contributed by atoms with Crippen molar-refractivity contribution in [3.8, 4) is 0 Å². The van der Waals surface area contributed by atoms with E-state index in [2.05, 4.69) is 66.6 Å². The van der Waals surface area contributed by atoms with Gasteiger partial charge < -0.3 is 9.80 Å². The van der Waals surface area contributed by atoms with Crippen molar-refractivity contribution in [3.63, 3.8) is 0 Å². The van der Waals surface area contributed by atoms with Crippen LogP contribution < -0.4 is 4.90 Å². The summed E-state index contributed by atoms with van der Waals surface area (Å²) in [6, 6.07) is 0.489. The number of anilines is 2. The fourth-order valence-electron chi connectivity index (χ4n) is 5.35. The van der Waals surface area contributed by atoms with Gasteiger partial charge in [0.15, 0.2) is 11.0 Å². The first kappa shape index (κ1) is 28.2. The molecule has 1 saturated carbocycles. The first-order valence-electron chi connectivity index (χ1n) is 14.6. The second-order valence-corrected chi connectivity index (χ2v) is 11.7. The number of aromatic nitrogens is 7. The number of imidazole rings is 1. The third-order valence-corrected chi connectivity index (χ3v) is 8.85. The number of thiazole rings is 1. The van der Waals surface area contributed by atoms with E-state index in [1.807, 2.05) is 17.1 Å². The van der Waals surface area contributed by atoms with Crippen molar-refractivity contribution in [1.82, 2.24) is 44.5 Å². The highest BCUT2D eigenvalue weighted by molar-refractivity contribution is 7.13. The minimum atomic E-state index is -0.300. The summed E-state index contributed by atoms with van der Waals surface area (Å²) in [6.07, 6.45) is 15.0. The van der Waals surface area contributed by atoms with Gasteiger partial charge in [0.05, 0.1) is 24.0 Å². The summed E-state index contributed by atoms with van der Waals surface area (Å²) in [5.74, 6) is 2.59. The Bertz CT molecular complexity index is 1560.